The maximum atomic E-state index is 14.0. The van der Waals surface area contributed by atoms with Crippen LogP contribution in [0.5, 0.6) is 0 Å². The molecule has 0 spiro atoms. The van der Waals surface area contributed by atoms with Gasteiger partial charge < -0.3 is 58.0 Å². The predicted molar refractivity (Wildman–Crippen MR) is 266 cm³/mol. The van der Waals surface area contributed by atoms with E-state index in [1.807, 2.05) is 53.2 Å². The third-order valence-corrected chi connectivity index (χ3v) is 12.7. The molecule has 5 aliphatic heterocycles. The van der Waals surface area contributed by atoms with Gasteiger partial charge in [0.25, 0.3) is 0 Å². The number of ether oxygens (including phenoxy) is 9. The van der Waals surface area contributed by atoms with Crippen LogP contribution in [0, 0.1) is 36.7 Å². The number of allylic oxidation sites excluding steroid dienone is 2. The van der Waals surface area contributed by atoms with Crippen molar-refractivity contribution in [2.75, 3.05) is 41.7 Å². The molecule has 4 fully saturated rings. The molecule has 5 heterocycles. The van der Waals surface area contributed by atoms with Crippen LogP contribution >= 0.6 is 0 Å². The van der Waals surface area contributed by atoms with Crippen LogP contribution in [-0.4, -0.2) is 129 Å². The number of rotatable bonds is 8. The third-order valence-electron chi connectivity index (χ3n) is 12.7. The molecule has 0 radical (unpaired) electrons. The van der Waals surface area contributed by atoms with Gasteiger partial charge in [-0.3, -0.25) is 11.2 Å². The van der Waals surface area contributed by atoms with E-state index >= 15 is 0 Å². The van der Waals surface area contributed by atoms with Crippen LogP contribution in [0.2, 0.25) is 0 Å². The molecule has 0 aromatic carbocycles. The molecule has 6 unspecified atom stereocenters. The van der Waals surface area contributed by atoms with Crippen LogP contribution in [0.4, 0.5) is 0 Å². The number of aliphatic hydroxyl groups excluding tert-OH is 2. The van der Waals surface area contributed by atoms with Gasteiger partial charge in [0.2, 0.25) is 0 Å². The van der Waals surface area contributed by atoms with E-state index in [0.29, 0.717) is 55.8 Å². The van der Waals surface area contributed by atoms with Crippen LogP contribution in [-0.2, 0) is 67.2 Å². The minimum absolute atomic E-state index is 0. The summed E-state index contributed by atoms with van der Waals surface area (Å²) in [6, 6.07) is 0. The van der Waals surface area contributed by atoms with Gasteiger partial charge in [-0.15, -0.1) is 0 Å². The van der Waals surface area contributed by atoms with Gasteiger partial charge in [0.15, 0.2) is 12.1 Å². The number of methoxy groups -OCH3 is 3. The van der Waals surface area contributed by atoms with Crippen molar-refractivity contribution in [1.29, 1.82) is 0 Å². The van der Waals surface area contributed by atoms with E-state index in [-0.39, 0.29) is 62.8 Å². The second-order valence-corrected chi connectivity index (χ2v) is 18.7. The van der Waals surface area contributed by atoms with Crippen LogP contribution in [0.1, 0.15) is 148 Å². The summed E-state index contributed by atoms with van der Waals surface area (Å²) in [5, 5.41) is 32.3. The van der Waals surface area contributed by atoms with E-state index in [2.05, 4.69) is 59.3 Å². The molecule has 1 aliphatic carbocycles. The maximum Gasteiger partial charge on any atom is 2.00 e. The molecule has 6 rings (SSSR count). The first-order valence-electron chi connectivity index (χ1n) is 25.2. The molecule has 0 saturated carbocycles. The number of carbonyl (C=O) groups excluding carboxylic acids is 1. The van der Waals surface area contributed by atoms with Crippen LogP contribution in [0.3, 0.4) is 0 Å². The Balaban J connectivity index is 0.00000180. The van der Waals surface area contributed by atoms with Crippen molar-refractivity contribution in [3.8, 4) is 0 Å². The molecule has 13 nitrogen and oxygen atoms in total. The molecular formula is C54H96O13Os. The van der Waals surface area contributed by atoms with Crippen LogP contribution < -0.4 is 0 Å². The Bertz CT molecular complexity index is 1470. The Morgan fingerprint density at radius 3 is 2.13 bits per heavy atom. The smallest absolute Gasteiger partial charge is 0.548 e. The summed E-state index contributed by atoms with van der Waals surface area (Å²) in [6.07, 6.45) is 14.2. The molecule has 14 heteroatoms. The second-order valence-electron chi connectivity index (χ2n) is 18.7. The summed E-state index contributed by atoms with van der Waals surface area (Å²) in [5.74, 6) is -1.29. The van der Waals surface area contributed by atoms with Crippen molar-refractivity contribution in [3.05, 3.63) is 60.1 Å². The van der Waals surface area contributed by atoms with E-state index in [4.69, 9.17) is 43.0 Å². The molecular weight excluding hydrogens is 1050 g/mol. The van der Waals surface area contributed by atoms with Crippen molar-refractivity contribution in [2.45, 2.75) is 214 Å². The predicted octanol–water partition coefficient (Wildman–Crippen LogP) is 9.82. The Morgan fingerprint density at radius 2 is 1.59 bits per heavy atom. The van der Waals surface area contributed by atoms with Gasteiger partial charge in [0, 0.05) is 59.7 Å². The first-order valence-corrected chi connectivity index (χ1v) is 25.2. The normalized spacial score (nSPS) is 36.5. The topological polar surface area (TPSA) is 161 Å². The first-order chi connectivity index (χ1) is 31.9. The molecule has 2 bridgehead atoms. The number of fused-ring (bicyclic) bond motifs is 2. The van der Waals surface area contributed by atoms with E-state index in [1.165, 1.54) is 6.42 Å². The van der Waals surface area contributed by atoms with E-state index in [0.717, 1.165) is 30.8 Å². The molecule has 0 aromatic rings. The van der Waals surface area contributed by atoms with Crippen molar-refractivity contribution in [3.63, 3.8) is 0 Å². The van der Waals surface area contributed by atoms with Gasteiger partial charge in [-0.25, -0.2) is 6.61 Å². The zero-order valence-corrected chi connectivity index (χ0v) is 47.6. The van der Waals surface area contributed by atoms with Crippen molar-refractivity contribution < 1.29 is 82.5 Å². The summed E-state index contributed by atoms with van der Waals surface area (Å²) < 4.78 is 52.4. The Labute approximate surface area is 426 Å². The quantitative estimate of drug-likeness (QED) is 0.120. The second kappa shape index (κ2) is 34.9. The largest absolute Gasteiger partial charge is 2.00 e. The molecule has 398 valence electrons. The molecule has 4 saturated heterocycles. The monoisotopic (exact) mass is 1140 g/mol. The minimum Gasteiger partial charge on any atom is -0.548 e. The molecule has 6 aliphatic rings. The standard InChI is InChI=1S/C37H55O10.C6H11O2.C5H12.C2H6O.2C2H6.Os/c1-22(2)13-15-36(42-7)20-29-18-28(47-36)12-11-24(4)33(46-31-19-27(41-6)14-16-43-31)23(3)9-8-10-26-21-44-34-32(38)25(5)17-30(35(39)45-29)37(26,34)40;1-5-6(7)3-2-4-8-5;1-4-5(2)3;1-3-2;2*1-2;/h8-11,14,17,22-23,27-34,38,40H,12-13,15-16,18-21H2,1-7H3;4-7H,2-3H2,1H3;5H,4H2,1-3H3;1-2H3;2*1-2H3;/q2*-1;;;;;+2/b9-8+,24-11+,26-10+;;;;;;/t23-,27?,28?,29?,30-,31-,32?,33-,34+,36?,37+;5?,6-;;;;;/m01...../s1. The fourth-order valence-corrected chi connectivity index (χ4v) is 8.35. The number of hydrogen-bond donors (Lipinski definition) is 3. The summed E-state index contributed by atoms with van der Waals surface area (Å²) >= 11 is 0. The van der Waals surface area contributed by atoms with E-state index < -0.39 is 47.9 Å². The molecule has 3 N–H and O–H groups in total. The van der Waals surface area contributed by atoms with Gasteiger partial charge in [0.05, 0.1) is 24.9 Å². The minimum atomic E-state index is -1.77. The average Bonchev–Trinajstić information content (AvgIpc) is 3.66. The summed E-state index contributed by atoms with van der Waals surface area (Å²) in [7, 11) is 6.59. The number of aliphatic hydroxyl groups is 3. The third kappa shape index (κ3) is 20.6. The average molecular weight is 1140 g/mol. The summed E-state index contributed by atoms with van der Waals surface area (Å²) in [6.45, 7) is 29.0. The van der Waals surface area contributed by atoms with Gasteiger partial charge in [-0.1, -0.05) is 119 Å². The number of hydrogen-bond acceptors (Lipinski definition) is 13. The van der Waals surface area contributed by atoms with Gasteiger partial charge in [0.1, 0.15) is 29.8 Å². The first kappa shape index (κ1) is 66.6. The van der Waals surface area contributed by atoms with Gasteiger partial charge in [-0.2, -0.15) is 6.42 Å². The Morgan fingerprint density at radius 1 is 0.941 bits per heavy atom. The van der Waals surface area contributed by atoms with Crippen LogP contribution in [0.25, 0.3) is 0 Å². The van der Waals surface area contributed by atoms with E-state index in [1.54, 1.807) is 54.1 Å². The SMILES string of the molecule is CC.CC.CC1O[CH-]CC[C@H]1O.CCC(C)C.COC.COC1[CH-]CO[C@@H](O[C@@H]2/C(C)=C/CC3CC(CC(CCC(C)C)(OC)O3)OC(=O)[C@@H]3C=C(C)C(O)[C@H]4OC/C(=C\C=C\[C@@H]2C)[C@]43O)C1.[Os+2]. The summed E-state index contributed by atoms with van der Waals surface area (Å²) in [4.78, 5) is 14.0. The fourth-order valence-electron chi connectivity index (χ4n) is 8.35. The Kier molecular flexibility index (Phi) is 34.2. The number of carbonyl (C=O) groups is 1. The van der Waals surface area contributed by atoms with Gasteiger partial charge in [-0.05, 0) is 75.0 Å². The summed E-state index contributed by atoms with van der Waals surface area (Å²) in [5.41, 5.74) is 0.331. The zero-order valence-electron chi connectivity index (χ0n) is 45.1. The van der Waals surface area contributed by atoms with Crippen molar-refractivity contribution in [2.24, 2.45) is 23.7 Å². The van der Waals surface area contributed by atoms with Crippen LogP contribution in [0.15, 0.2) is 47.1 Å². The fraction of sp³-hybridized carbons (Fsp3) is 0.796. The van der Waals surface area contributed by atoms with Gasteiger partial charge >= 0.3 is 25.8 Å². The maximum absolute atomic E-state index is 14.0. The number of esters is 1. The molecule has 68 heavy (non-hydrogen) atoms. The zero-order chi connectivity index (χ0) is 50.9. The van der Waals surface area contributed by atoms with E-state index in [9.17, 15) is 15.0 Å². The van der Waals surface area contributed by atoms with Crippen molar-refractivity contribution in [1.82, 2.24) is 0 Å². The van der Waals surface area contributed by atoms with Crippen molar-refractivity contribution >= 4 is 5.97 Å². The molecule has 13 atom stereocenters. The molecule has 0 amide bonds. The Hall–Kier alpha value is -1.37. The molecule has 0 aromatic heterocycles.